The number of aryl methyl sites for hydroxylation is 1. The number of rotatable bonds is 34. The molecule has 5 aromatic rings. The van der Waals surface area contributed by atoms with Gasteiger partial charge in [-0.25, -0.2) is 26.5 Å². The van der Waals surface area contributed by atoms with Gasteiger partial charge in [0.15, 0.2) is 5.95 Å². The predicted octanol–water partition coefficient (Wildman–Crippen LogP) is 0.428. The number of aromatic amines is 1. The predicted molar refractivity (Wildman–Crippen MR) is 331 cm³/mol. The van der Waals surface area contributed by atoms with Crippen molar-refractivity contribution in [3.8, 4) is 11.1 Å². The van der Waals surface area contributed by atoms with Gasteiger partial charge >= 0.3 is 23.9 Å². The van der Waals surface area contributed by atoms with E-state index in [0.29, 0.717) is 141 Å². The summed E-state index contributed by atoms with van der Waals surface area (Å²) in [6.07, 6.45) is 5.81. The lowest BCUT2D eigenvalue weighted by Crippen LogP contribution is -2.49. The van der Waals surface area contributed by atoms with Gasteiger partial charge in [-0.05, 0) is 79.8 Å². The molecule has 2 aromatic heterocycles. The van der Waals surface area contributed by atoms with Crippen LogP contribution in [0.15, 0.2) is 99.9 Å². The molecule has 0 bridgehead atoms. The van der Waals surface area contributed by atoms with Crippen LogP contribution in [0, 0.1) is 0 Å². The molecule has 32 heteroatoms. The number of aromatic nitrogens is 3. The molecule has 10 N–H and O–H groups in total. The molecule has 0 saturated carbocycles. The first kappa shape index (κ1) is 73.0. The minimum absolute atomic E-state index is 0.0677. The van der Waals surface area contributed by atoms with Crippen LogP contribution in [0.1, 0.15) is 42.6 Å². The van der Waals surface area contributed by atoms with E-state index in [1.54, 1.807) is 69.0 Å². The van der Waals surface area contributed by atoms with E-state index >= 15 is 0 Å². The number of aliphatic carboxylic acids is 4. The number of amides is 2. The highest BCUT2D eigenvalue weighted by atomic mass is 32.2. The van der Waals surface area contributed by atoms with Crippen LogP contribution in [-0.2, 0) is 71.8 Å². The number of imidazole rings is 1. The number of carboxylic acids is 4. The molecule has 3 aromatic carbocycles. The first-order valence-corrected chi connectivity index (χ1v) is 32.1. The Morgan fingerprint density at radius 1 is 0.633 bits per heavy atom. The topological polar surface area (TPSA) is 403 Å². The van der Waals surface area contributed by atoms with E-state index in [4.69, 9.17) is 14.2 Å². The van der Waals surface area contributed by atoms with Crippen LogP contribution >= 0.6 is 0 Å². The van der Waals surface area contributed by atoms with Crippen LogP contribution in [0.2, 0.25) is 0 Å². The Kier molecular flexibility index (Phi) is 30.3. The summed E-state index contributed by atoms with van der Waals surface area (Å²) in [7, 11) is -6.45. The highest BCUT2D eigenvalue weighted by molar-refractivity contribution is 7.89. The Hall–Kier alpha value is -7.76. The summed E-state index contributed by atoms with van der Waals surface area (Å²) in [5.74, 6) is -5.00. The molecule has 0 radical (unpaired) electrons. The Morgan fingerprint density at radius 2 is 1.13 bits per heavy atom. The summed E-state index contributed by atoms with van der Waals surface area (Å²) in [6, 6.07) is 14.9. The standard InChI is InChI=1S/C35H39N7O9S2.C23H43N5O9/c1-3-51-18-4-15-40-52(47,48)26-10-6-24(7-11-26)25-8-12-27(13-9-25)53(49,50)41-30(34(45)46)21-38-33(44)29-22-42(2)31-19-23(5-14-28(31)32(29)43)20-39-35-36-16-17-37-35;1-2-36-14-15-37-13-3-4-24-20(29)16-25-5-7-26(17-21(30)31)9-11-28(19-23(34)35)12-10-27(8-6-25)18-22(32)33/h5-14,16-17,19,22,30,40-41H,3-4,15,18,20-21H2,1-2H3,(H,38,44)(H,45,46)(H2,36,37,39);2-19H2,1H3,(H,24,29)(H,30,31)(H,32,33)(H,34,35). The molecule has 2 amide bonds. The lowest BCUT2D eigenvalue weighted by atomic mass is 10.1. The Balaban J connectivity index is 0.000000351. The zero-order valence-electron chi connectivity index (χ0n) is 50.6. The number of anilines is 1. The van der Waals surface area contributed by atoms with Crippen molar-refractivity contribution in [1.82, 2.24) is 54.2 Å². The molecule has 0 spiro atoms. The number of carbonyl (C=O) groups excluding carboxylic acids is 2. The van der Waals surface area contributed by atoms with Crippen molar-refractivity contribution in [2.24, 2.45) is 7.05 Å². The highest BCUT2D eigenvalue weighted by Gasteiger charge is 2.28. The SMILES string of the molecule is CCOCCCNS(=O)(=O)c1ccc(-c2ccc(S(=O)(=O)NC(CNC(=O)c3cn(C)c4cc(CNc5ncc[nH]5)ccc4c3=O)C(=O)O)cc2)cc1.CCOCCOCCCNC(=O)CN1CCN(CC(=O)O)CCN(CC(=O)O)CCN(CC(=O)O)CC1. The Morgan fingerprint density at radius 3 is 1.64 bits per heavy atom. The third kappa shape index (κ3) is 25.3. The number of nitrogens with one attached hydrogen (secondary N) is 6. The van der Waals surface area contributed by atoms with Crippen molar-refractivity contribution in [2.75, 3.05) is 143 Å². The van der Waals surface area contributed by atoms with Crippen molar-refractivity contribution in [3.05, 3.63) is 107 Å². The third-order valence-electron chi connectivity index (χ3n) is 13.9. The number of hydrogen-bond acceptors (Lipinski definition) is 20. The van der Waals surface area contributed by atoms with Crippen LogP contribution in [0.5, 0.6) is 0 Å². The fourth-order valence-electron chi connectivity index (χ4n) is 9.14. The van der Waals surface area contributed by atoms with E-state index in [2.05, 4.69) is 35.4 Å². The van der Waals surface area contributed by atoms with Crippen molar-refractivity contribution >= 4 is 72.6 Å². The molecular formula is C58H82N12O18S2. The van der Waals surface area contributed by atoms with Gasteiger partial charge in [-0.15, -0.1) is 0 Å². The van der Waals surface area contributed by atoms with Gasteiger partial charge in [0.25, 0.3) is 5.91 Å². The first-order chi connectivity index (χ1) is 43.0. The quantitative estimate of drug-likeness (QED) is 0.0250. The molecule has 1 aliphatic rings. The number of H-pyrrole nitrogens is 1. The second-order valence-electron chi connectivity index (χ2n) is 20.6. The van der Waals surface area contributed by atoms with Gasteiger partial charge in [-0.2, -0.15) is 4.72 Å². The minimum atomic E-state index is -4.38. The number of pyridine rings is 1. The van der Waals surface area contributed by atoms with E-state index in [1.165, 1.54) is 42.6 Å². The fourth-order valence-corrected chi connectivity index (χ4v) is 11.4. The fraction of sp³-hybridized carbons (Fsp3) is 0.483. The first-order valence-electron chi connectivity index (χ1n) is 29.1. The van der Waals surface area contributed by atoms with Crippen molar-refractivity contribution < 1.29 is 80.2 Å². The molecule has 30 nitrogen and oxygen atoms in total. The van der Waals surface area contributed by atoms with Gasteiger partial charge in [0.05, 0.1) is 54.7 Å². The second kappa shape index (κ2) is 37.4. The van der Waals surface area contributed by atoms with Gasteiger partial charge < -0.3 is 60.1 Å². The average Bonchev–Trinajstić information content (AvgIpc) is 0.851. The maximum Gasteiger partial charge on any atom is 0.323 e. The molecule has 1 fully saturated rings. The number of benzene rings is 3. The minimum Gasteiger partial charge on any atom is -0.480 e. The Bertz CT molecular complexity index is 3380. The molecule has 3 heterocycles. The maximum atomic E-state index is 13.3. The zero-order chi connectivity index (χ0) is 65.6. The van der Waals surface area contributed by atoms with E-state index < -0.39 is 67.8 Å². The Labute approximate surface area is 522 Å². The molecule has 494 valence electrons. The third-order valence-corrected chi connectivity index (χ3v) is 16.8. The van der Waals surface area contributed by atoms with Gasteiger partial charge in [-0.1, -0.05) is 30.3 Å². The van der Waals surface area contributed by atoms with Gasteiger partial charge in [-0.3, -0.25) is 53.2 Å². The van der Waals surface area contributed by atoms with Gasteiger partial charge in [0.1, 0.15) is 11.6 Å². The number of nitrogens with zero attached hydrogens (tertiary/aromatic N) is 6. The number of carbonyl (C=O) groups is 6. The summed E-state index contributed by atoms with van der Waals surface area (Å²) >= 11 is 0. The van der Waals surface area contributed by atoms with E-state index in [0.717, 1.165) is 5.56 Å². The van der Waals surface area contributed by atoms with Crippen molar-refractivity contribution in [2.45, 2.75) is 49.1 Å². The van der Waals surface area contributed by atoms with Gasteiger partial charge in [0.2, 0.25) is 31.4 Å². The number of hydrogen-bond donors (Lipinski definition) is 10. The van der Waals surface area contributed by atoms with E-state index in [9.17, 15) is 70.8 Å². The second-order valence-corrected chi connectivity index (χ2v) is 24.1. The molecule has 1 saturated heterocycles. The van der Waals surface area contributed by atoms with Crippen LogP contribution in [0.4, 0.5) is 5.95 Å². The van der Waals surface area contributed by atoms with Gasteiger partial charge in [0, 0.05) is 136 Å². The molecule has 1 unspecified atom stereocenters. The van der Waals surface area contributed by atoms with Crippen molar-refractivity contribution in [1.29, 1.82) is 0 Å². The lowest BCUT2D eigenvalue weighted by Gasteiger charge is -2.32. The molecule has 1 atom stereocenters. The van der Waals surface area contributed by atoms with E-state index in [-0.39, 0.29) is 59.4 Å². The van der Waals surface area contributed by atoms with Crippen LogP contribution in [0.3, 0.4) is 0 Å². The molecule has 90 heavy (non-hydrogen) atoms. The molecular weight excluding hydrogens is 1220 g/mol. The lowest BCUT2D eigenvalue weighted by molar-refractivity contribution is -0.140. The van der Waals surface area contributed by atoms with E-state index in [1.807, 2.05) is 18.7 Å². The number of fused-ring (bicyclic) bond motifs is 1. The smallest absolute Gasteiger partial charge is 0.323 e. The van der Waals surface area contributed by atoms with Crippen LogP contribution < -0.4 is 30.8 Å². The number of sulfonamides is 2. The van der Waals surface area contributed by atoms with Crippen LogP contribution in [-0.4, -0.2) is 251 Å². The zero-order valence-corrected chi connectivity index (χ0v) is 52.3. The number of ether oxygens (including phenoxy) is 3. The summed E-state index contributed by atoms with van der Waals surface area (Å²) in [5.41, 5.74) is 1.80. The molecule has 6 rings (SSSR count). The largest absolute Gasteiger partial charge is 0.480 e. The summed E-state index contributed by atoms with van der Waals surface area (Å²) in [4.78, 5) is 98.8. The van der Waals surface area contributed by atoms with Crippen LogP contribution in [0.25, 0.3) is 22.0 Å². The summed E-state index contributed by atoms with van der Waals surface area (Å²) in [6.45, 7) is 9.74. The summed E-state index contributed by atoms with van der Waals surface area (Å²) in [5, 5.41) is 46.2. The normalized spacial score (nSPS) is 14.5. The monoisotopic (exact) mass is 1300 g/mol. The average molecular weight is 1300 g/mol. The summed E-state index contributed by atoms with van der Waals surface area (Å²) < 4.78 is 73.5. The molecule has 1 aliphatic heterocycles. The number of carboxylic acid groups (broad SMARTS) is 4. The highest BCUT2D eigenvalue weighted by Crippen LogP contribution is 2.24. The maximum absolute atomic E-state index is 13.3. The molecule has 0 aliphatic carbocycles. The van der Waals surface area contributed by atoms with Crippen molar-refractivity contribution in [3.63, 3.8) is 0 Å².